The molecule has 0 radical (unpaired) electrons. The first-order valence-electron chi connectivity index (χ1n) is 5.64. The Hall–Kier alpha value is -1.75. The van der Waals surface area contributed by atoms with Gasteiger partial charge in [-0.15, -0.1) is 0 Å². The van der Waals surface area contributed by atoms with E-state index >= 15 is 0 Å². The van der Waals surface area contributed by atoms with Crippen LogP contribution in [0.2, 0.25) is 0 Å². The van der Waals surface area contributed by atoms with E-state index in [1.54, 1.807) is 32.4 Å². The maximum Gasteiger partial charge on any atom is 0.255 e. The molecule has 0 heterocycles. The van der Waals surface area contributed by atoms with Crippen LogP contribution in [-0.4, -0.2) is 39.9 Å². The Bertz CT molecular complexity index is 406. The zero-order chi connectivity index (χ0) is 13.5. The molecule has 18 heavy (non-hydrogen) atoms. The predicted octanol–water partition coefficient (Wildman–Crippen LogP) is 1.47. The second-order valence-electron chi connectivity index (χ2n) is 3.90. The molecule has 0 saturated heterocycles. The molecular formula is C13H19NO4. The highest BCUT2D eigenvalue weighted by molar-refractivity contribution is 5.97. The Kier molecular flexibility index (Phi) is 5.45. The number of ether oxygens (including phenoxy) is 3. The van der Waals surface area contributed by atoms with Gasteiger partial charge < -0.3 is 19.5 Å². The first-order valence-corrected chi connectivity index (χ1v) is 5.64. The van der Waals surface area contributed by atoms with Crippen LogP contribution in [0.25, 0.3) is 0 Å². The van der Waals surface area contributed by atoms with Crippen LogP contribution in [0.1, 0.15) is 17.3 Å². The molecule has 1 aromatic carbocycles. The minimum atomic E-state index is -0.213. The number of rotatable bonds is 6. The standard InChI is InChI=1S/C13H19NO4/c1-9(8-16-2)14-13(15)11-7-10(17-3)5-6-12(11)18-4/h5-7,9H,8H2,1-4H3,(H,14,15). The topological polar surface area (TPSA) is 56.8 Å². The number of benzene rings is 1. The van der Waals surface area contributed by atoms with Gasteiger partial charge in [0.1, 0.15) is 11.5 Å². The molecule has 5 nitrogen and oxygen atoms in total. The van der Waals surface area contributed by atoms with Crippen molar-refractivity contribution in [3.63, 3.8) is 0 Å². The van der Waals surface area contributed by atoms with Gasteiger partial charge in [-0.05, 0) is 25.1 Å². The Morgan fingerprint density at radius 2 is 2.00 bits per heavy atom. The molecule has 0 saturated carbocycles. The van der Waals surface area contributed by atoms with Crippen LogP contribution < -0.4 is 14.8 Å². The molecule has 1 amide bonds. The van der Waals surface area contributed by atoms with E-state index in [1.807, 2.05) is 6.92 Å². The highest BCUT2D eigenvalue weighted by Gasteiger charge is 2.15. The van der Waals surface area contributed by atoms with Gasteiger partial charge in [0.15, 0.2) is 0 Å². The predicted molar refractivity (Wildman–Crippen MR) is 68.4 cm³/mol. The third-order valence-electron chi connectivity index (χ3n) is 2.45. The second-order valence-corrected chi connectivity index (χ2v) is 3.90. The molecule has 0 aliphatic carbocycles. The SMILES string of the molecule is COCC(C)NC(=O)c1cc(OC)ccc1OC. The van der Waals surface area contributed by atoms with Crippen molar-refractivity contribution in [2.75, 3.05) is 27.9 Å². The molecule has 5 heteroatoms. The van der Waals surface area contributed by atoms with Crippen LogP contribution >= 0.6 is 0 Å². The van der Waals surface area contributed by atoms with E-state index in [0.29, 0.717) is 23.7 Å². The Balaban J connectivity index is 2.88. The van der Waals surface area contributed by atoms with Crippen LogP contribution in [-0.2, 0) is 4.74 Å². The third kappa shape index (κ3) is 3.63. The molecule has 0 aliphatic heterocycles. The summed E-state index contributed by atoms with van der Waals surface area (Å²) in [5.41, 5.74) is 0.444. The van der Waals surface area contributed by atoms with Crippen molar-refractivity contribution in [1.82, 2.24) is 5.32 Å². The first-order chi connectivity index (χ1) is 8.62. The lowest BCUT2D eigenvalue weighted by Crippen LogP contribution is -2.35. The maximum atomic E-state index is 12.1. The van der Waals surface area contributed by atoms with Crippen molar-refractivity contribution in [2.24, 2.45) is 0 Å². The highest BCUT2D eigenvalue weighted by atomic mass is 16.5. The number of carbonyl (C=O) groups excluding carboxylic acids is 1. The first kappa shape index (κ1) is 14.3. The van der Waals surface area contributed by atoms with Crippen LogP contribution in [0.5, 0.6) is 11.5 Å². The van der Waals surface area contributed by atoms with Gasteiger partial charge in [0.05, 0.1) is 26.4 Å². The number of carbonyl (C=O) groups is 1. The number of hydrogen-bond acceptors (Lipinski definition) is 4. The fourth-order valence-corrected chi connectivity index (χ4v) is 1.58. The summed E-state index contributed by atoms with van der Waals surface area (Å²) in [6.07, 6.45) is 0. The lowest BCUT2D eigenvalue weighted by molar-refractivity contribution is 0.0902. The van der Waals surface area contributed by atoms with Crippen molar-refractivity contribution in [3.8, 4) is 11.5 Å². The van der Waals surface area contributed by atoms with Crippen LogP contribution in [0, 0.1) is 0 Å². The fraction of sp³-hybridized carbons (Fsp3) is 0.462. The summed E-state index contributed by atoms with van der Waals surface area (Å²) in [5.74, 6) is 0.911. The minimum absolute atomic E-state index is 0.0709. The summed E-state index contributed by atoms with van der Waals surface area (Å²) in [5, 5.41) is 2.82. The van der Waals surface area contributed by atoms with Gasteiger partial charge >= 0.3 is 0 Å². The number of methoxy groups -OCH3 is 3. The van der Waals surface area contributed by atoms with E-state index < -0.39 is 0 Å². The molecule has 0 aliphatic rings. The summed E-state index contributed by atoms with van der Waals surface area (Å²) in [6, 6.07) is 5.02. The van der Waals surface area contributed by atoms with Gasteiger partial charge in [0.2, 0.25) is 0 Å². The lowest BCUT2D eigenvalue weighted by atomic mass is 10.1. The van der Waals surface area contributed by atoms with Gasteiger partial charge in [-0.2, -0.15) is 0 Å². The summed E-state index contributed by atoms with van der Waals surface area (Å²) in [7, 11) is 4.67. The zero-order valence-corrected chi connectivity index (χ0v) is 11.1. The van der Waals surface area contributed by atoms with Gasteiger partial charge in [-0.3, -0.25) is 4.79 Å². The number of amides is 1. The van der Waals surface area contributed by atoms with Gasteiger partial charge in [-0.25, -0.2) is 0 Å². The molecular weight excluding hydrogens is 234 g/mol. The quantitative estimate of drug-likeness (QED) is 0.834. The Morgan fingerprint density at radius 1 is 1.28 bits per heavy atom. The monoisotopic (exact) mass is 253 g/mol. The van der Waals surface area contributed by atoms with E-state index in [2.05, 4.69) is 5.32 Å². The van der Waals surface area contributed by atoms with E-state index in [4.69, 9.17) is 14.2 Å². The minimum Gasteiger partial charge on any atom is -0.497 e. The highest BCUT2D eigenvalue weighted by Crippen LogP contribution is 2.23. The van der Waals surface area contributed by atoms with E-state index in [9.17, 15) is 4.79 Å². The van der Waals surface area contributed by atoms with E-state index in [0.717, 1.165) is 0 Å². The number of nitrogens with one attached hydrogen (secondary N) is 1. The smallest absolute Gasteiger partial charge is 0.255 e. The van der Waals surface area contributed by atoms with Crippen molar-refractivity contribution >= 4 is 5.91 Å². The third-order valence-corrected chi connectivity index (χ3v) is 2.45. The Labute approximate surface area is 107 Å². The normalized spacial score (nSPS) is 11.8. The van der Waals surface area contributed by atoms with Crippen molar-refractivity contribution in [2.45, 2.75) is 13.0 Å². The van der Waals surface area contributed by atoms with Crippen LogP contribution in [0.3, 0.4) is 0 Å². The second kappa shape index (κ2) is 6.86. The molecule has 0 bridgehead atoms. The van der Waals surface area contributed by atoms with Crippen LogP contribution in [0.4, 0.5) is 0 Å². The number of hydrogen-bond donors (Lipinski definition) is 1. The van der Waals surface area contributed by atoms with Crippen LogP contribution in [0.15, 0.2) is 18.2 Å². The van der Waals surface area contributed by atoms with Gasteiger partial charge in [0, 0.05) is 13.2 Å². The summed E-state index contributed by atoms with van der Waals surface area (Å²) >= 11 is 0. The summed E-state index contributed by atoms with van der Waals surface area (Å²) < 4.78 is 15.2. The zero-order valence-electron chi connectivity index (χ0n) is 11.1. The summed E-state index contributed by atoms with van der Waals surface area (Å²) in [6.45, 7) is 2.33. The Morgan fingerprint density at radius 3 is 2.56 bits per heavy atom. The largest absolute Gasteiger partial charge is 0.497 e. The molecule has 100 valence electrons. The van der Waals surface area contributed by atoms with Crippen molar-refractivity contribution < 1.29 is 19.0 Å². The fourth-order valence-electron chi connectivity index (χ4n) is 1.58. The molecule has 1 unspecified atom stereocenters. The summed E-state index contributed by atoms with van der Waals surface area (Å²) in [4.78, 5) is 12.1. The molecule has 0 spiro atoms. The average molecular weight is 253 g/mol. The molecule has 1 atom stereocenters. The maximum absolute atomic E-state index is 12.1. The van der Waals surface area contributed by atoms with Crippen molar-refractivity contribution in [1.29, 1.82) is 0 Å². The molecule has 0 aromatic heterocycles. The van der Waals surface area contributed by atoms with Crippen molar-refractivity contribution in [3.05, 3.63) is 23.8 Å². The molecule has 0 fully saturated rings. The molecule has 1 N–H and O–H groups in total. The van der Waals surface area contributed by atoms with Gasteiger partial charge in [-0.1, -0.05) is 0 Å². The molecule has 1 aromatic rings. The average Bonchev–Trinajstić information content (AvgIpc) is 2.38. The van der Waals surface area contributed by atoms with E-state index in [1.165, 1.54) is 7.11 Å². The van der Waals surface area contributed by atoms with E-state index in [-0.39, 0.29) is 11.9 Å². The van der Waals surface area contributed by atoms with Gasteiger partial charge in [0.25, 0.3) is 5.91 Å². The molecule has 1 rings (SSSR count). The lowest BCUT2D eigenvalue weighted by Gasteiger charge is -2.15.